The molecule has 0 aliphatic heterocycles. The molecule has 0 saturated heterocycles. The lowest BCUT2D eigenvalue weighted by Gasteiger charge is -1.92. The Morgan fingerprint density at radius 2 is 1.85 bits per heavy atom. The van der Waals surface area contributed by atoms with Crippen molar-refractivity contribution in [2.75, 3.05) is 0 Å². The Balaban J connectivity index is 0.000000424. The number of carboxylic acid groups (broad SMARTS) is 1. The molecule has 1 aromatic carbocycles. The van der Waals surface area contributed by atoms with Crippen LogP contribution >= 0.6 is 0 Å². The van der Waals surface area contributed by atoms with Crippen LogP contribution in [0.4, 0.5) is 0 Å². The smallest absolute Gasteiger partial charge is 0.373 e. The summed E-state index contributed by atoms with van der Waals surface area (Å²) >= 11 is 0. The molecule has 5 nitrogen and oxygen atoms in total. The van der Waals surface area contributed by atoms with Crippen LogP contribution in [0.2, 0.25) is 0 Å². The largest absolute Gasteiger partial charge is 0.508 e. The van der Waals surface area contributed by atoms with Crippen LogP contribution in [0.3, 0.4) is 0 Å². The molecule has 13 heavy (non-hydrogen) atoms. The minimum Gasteiger partial charge on any atom is -0.508 e. The van der Waals surface area contributed by atoms with E-state index in [1.54, 1.807) is 0 Å². The van der Waals surface area contributed by atoms with Gasteiger partial charge in [-0.05, 0) is 18.2 Å². The number of carboxylic acids is 1. The Bertz CT molecular complexity index is 325. The third kappa shape index (κ3) is 4.34. The van der Waals surface area contributed by atoms with Gasteiger partial charge in [0.1, 0.15) is 5.75 Å². The molecule has 2 N–H and O–H groups in total. The summed E-state index contributed by atoms with van der Waals surface area (Å²) in [4.78, 5) is 26.5. The van der Waals surface area contributed by atoms with Crippen LogP contribution in [0.25, 0.3) is 0 Å². The Hall–Kier alpha value is -2.13. The Kier molecular flexibility index (Phi) is 4.61. The van der Waals surface area contributed by atoms with Crippen molar-refractivity contribution in [3.8, 4) is 5.75 Å². The number of aromatic hydroxyl groups is 1. The average Bonchev–Trinajstić information content (AvgIpc) is 2.05. The summed E-state index contributed by atoms with van der Waals surface area (Å²) in [5.41, 5.74) is 0.0972. The third-order valence-corrected chi connectivity index (χ3v) is 1.09. The van der Waals surface area contributed by atoms with E-state index >= 15 is 0 Å². The van der Waals surface area contributed by atoms with Gasteiger partial charge in [0.2, 0.25) is 0 Å². The maximum atomic E-state index is 10.2. The quantitative estimate of drug-likeness (QED) is 0.660. The van der Waals surface area contributed by atoms with E-state index in [2.05, 4.69) is 0 Å². The molecule has 0 aliphatic carbocycles. The summed E-state index contributed by atoms with van der Waals surface area (Å²) in [5.74, 6) is -1.06. The van der Waals surface area contributed by atoms with Crippen LogP contribution in [-0.4, -0.2) is 22.3 Å². The molecule has 0 heterocycles. The van der Waals surface area contributed by atoms with Gasteiger partial charge in [-0.15, -0.1) is 0 Å². The molecular weight excluding hydrogens is 176 g/mol. The van der Waals surface area contributed by atoms with E-state index in [1.165, 1.54) is 24.3 Å². The maximum Gasteiger partial charge on any atom is 0.373 e. The molecule has 0 radical (unpaired) electrons. The van der Waals surface area contributed by atoms with Crippen LogP contribution in [0, 0.1) is 0 Å². The van der Waals surface area contributed by atoms with Crippen LogP contribution in [-0.2, 0) is 9.59 Å². The van der Waals surface area contributed by atoms with Crippen molar-refractivity contribution in [3.05, 3.63) is 29.8 Å². The number of rotatable bonds is 1. The Labute approximate surface area is 73.2 Å². The van der Waals surface area contributed by atoms with Gasteiger partial charge in [-0.2, -0.15) is 9.59 Å². The van der Waals surface area contributed by atoms with E-state index in [-0.39, 0.29) is 17.5 Å². The molecule has 0 aromatic heterocycles. The Morgan fingerprint density at radius 3 is 2.15 bits per heavy atom. The SMILES string of the molecule is O=C(O)c1cccc(O)c1.O=C=O. The lowest BCUT2D eigenvalue weighted by Crippen LogP contribution is -1.94. The van der Waals surface area contributed by atoms with Crippen LogP contribution in [0.5, 0.6) is 5.75 Å². The van der Waals surface area contributed by atoms with Gasteiger partial charge in [0.15, 0.2) is 0 Å². The zero-order chi connectivity index (χ0) is 10.3. The summed E-state index contributed by atoms with van der Waals surface area (Å²) in [7, 11) is 0. The van der Waals surface area contributed by atoms with Crippen molar-refractivity contribution in [3.63, 3.8) is 0 Å². The van der Waals surface area contributed by atoms with E-state index in [0.29, 0.717) is 0 Å². The molecule has 5 heteroatoms. The van der Waals surface area contributed by atoms with Gasteiger partial charge in [0.25, 0.3) is 0 Å². The van der Waals surface area contributed by atoms with Crippen LogP contribution in [0.1, 0.15) is 10.4 Å². The fraction of sp³-hybridized carbons (Fsp3) is 0. The number of aromatic carboxylic acids is 1. The topological polar surface area (TPSA) is 91.7 Å². The molecule has 0 aliphatic rings. The molecule has 68 valence electrons. The van der Waals surface area contributed by atoms with Crippen LogP contribution in [0.15, 0.2) is 24.3 Å². The lowest BCUT2D eigenvalue weighted by molar-refractivity contribution is -0.191. The van der Waals surface area contributed by atoms with Crippen LogP contribution < -0.4 is 0 Å². The first-order chi connectivity index (χ1) is 6.11. The van der Waals surface area contributed by atoms with E-state index < -0.39 is 5.97 Å². The monoisotopic (exact) mass is 182 g/mol. The fourth-order valence-corrected chi connectivity index (χ4v) is 0.639. The average molecular weight is 182 g/mol. The summed E-state index contributed by atoms with van der Waals surface area (Å²) < 4.78 is 0. The Morgan fingerprint density at radius 1 is 1.31 bits per heavy atom. The fourth-order valence-electron chi connectivity index (χ4n) is 0.639. The second-order valence-corrected chi connectivity index (χ2v) is 1.94. The van der Waals surface area contributed by atoms with Crippen molar-refractivity contribution >= 4 is 12.1 Å². The second-order valence-electron chi connectivity index (χ2n) is 1.94. The molecule has 0 amide bonds. The standard InChI is InChI=1S/C7H6O3.CO2/c8-6-3-1-2-5(4-6)7(9)10;2-1-3/h1-4,8H,(H,9,10);. The zero-order valence-corrected chi connectivity index (χ0v) is 6.43. The maximum absolute atomic E-state index is 10.2. The predicted octanol–water partition coefficient (Wildman–Crippen LogP) is 0.507. The normalized spacial score (nSPS) is 7.69. The second kappa shape index (κ2) is 5.51. The summed E-state index contributed by atoms with van der Waals surface area (Å²) in [6.45, 7) is 0. The molecule has 0 saturated carbocycles. The first-order valence-electron chi connectivity index (χ1n) is 3.13. The predicted molar refractivity (Wildman–Crippen MR) is 40.1 cm³/mol. The van der Waals surface area contributed by atoms with E-state index in [9.17, 15) is 4.79 Å². The number of carbonyl (C=O) groups excluding carboxylic acids is 2. The van der Waals surface area contributed by atoms with Crippen molar-refractivity contribution in [1.82, 2.24) is 0 Å². The van der Waals surface area contributed by atoms with Gasteiger partial charge in [0, 0.05) is 0 Å². The number of hydrogen-bond donors (Lipinski definition) is 2. The summed E-state index contributed by atoms with van der Waals surface area (Å²) in [6, 6.07) is 5.52. The number of carbonyl (C=O) groups is 1. The molecule has 0 fully saturated rings. The van der Waals surface area contributed by atoms with Gasteiger partial charge in [-0.1, -0.05) is 6.07 Å². The van der Waals surface area contributed by atoms with E-state index in [1.807, 2.05) is 0 Å². The molecular formula is C8H6O5. The minimum atomic E-state index is -1.03. The molecule has 0 atom stereocenters. The third-order valence-electron chi connectivity index (χ3n) is 1.09. The van der Waals surface area contributed by atoms with Gasteiger partial charge < -0.3 is 10.2 Å². The van der Waals surface area contributed by atoms with Crippen molar-refractivity contribution < 1.29 is 24.6 Å². The highest BCUT2D eigenvalue weighted by Crippen LogP contribution is 2.09. The number of benzene rings is 1. The van der Waals surface area contributed by atoms with Crippen molar-refractivity contribution in [2.45, 2.75) is 0 Å². The lowest BCUT2D eigenvalue weighted by atomic mass is 10.2. The number of hydrogen-bond acceptors (Lipinski definition) is 4. The first kappa shape index (κ1) is 10.9. The number of phenolic OH excluding ortho intramolecular Hbond substituents is 1. The number of phenols is 1. The van der Waals surface area contributed by atoms with E-state index in [4.69, 9.17) is 19.8 Å². The summed E-state index contributed by atoms with van der Waals surface area (Å²) in [5, 5.41) is 17.2. The minimum absolute atomic E-state index is 0.0279. The van der Waals surface area contributed by atoms with Gasteiger partial charge >= 0.3 is 12.1 Å². The highest BCUT2D eigenvalue weighted by atomic mass is 16.4. The first-order valence-corrected chi connectivity index (χ1v) is 3.13. The molecule has 0 unspecified atom stereocenters. The van der Waals surface area contributed by atoms with Crippen molar-refractivity contribution in [1.29, 1.82) is 0 Å². The molecule has 0 spiro atoms. The van der Waals surface area contributed by atoms with Gasteiger partial charge in [0.05, 0.1) is 5.56 Å². The highest BCUT2D eigenvalue weighted by molar-refractivity contribution is 5.87. The van der Waals surface area contributed by atoms with Gasteiger partial charge in [-0.25, -0.2) is 4.79 Å². The van der Waals surface area contributed by atoms with E-state index in [0.717, 1.165) is 0 Å². The molecule has 1 rings (SSSR count). The van der Waals surface area contributed by atoms with Crippen molar-refractivity contribution in [2.24, 2.45) is 0 Å². The summed E-state index contributed by atoms with van der Waals surface area (Å²) in [6.07, 6.45) is 0.250. The molecule has 1 aromatic rings. The highest BCUT2D eigenvalue weighted by Gasteiger charge is 2.00. The van der Waals surface area contributed by atoms with Gasteiger partial charge in [-0.3, -0.25) is 0 Å². The molecule has 0 bridgehead atoms. The zero-order valence-electron chi connectivity index (χ0n) is 6.43.